The van der Waals surface area contributed by atoms with Gasteiger partial charge in [-0.05, 0) is 49.6 Å². The quantitative estimate of drug-likeness (QED) is 0.235. The molecule has 1 aliphatic carbocycles. The van der Waals surface area contributed by atoms with Crippen LogP contribution < -0.4 is 5.32 Å². The molecule has 0 aliphatic heterocycles. The van der Waals surface area contributed by atoms with Gasteiger partial charge in [-0.15, -0.1) is 0 Å². The van der Waals surface area contributed by atoms with Crippen LogP contribution in [0.1, 0.15) is 25.8 Å². The fourth-order valence-corrected chi connectivity index (χ4v) is 2.61. The molecule has 0 amide bonds. The monoisotopic (exact) mass is 433 g/mol. The summed E-state index contributed by atoms with van der Waals surface area (Å²) in [7, 11) is 2.94. The molecular weight excluding hydrogens is 404 g/mol. The predicted molar refractivity (Wildman–Crippen MR) is 118 cm³/mol. The van der Waals surface area contributed by atoms with Crippen LogP contribution in [0, 0.1) is 11.6 Å². The van der Waals surface area contributed by atoms with Crippen molar-refractivity contribution >= 4 is 12.2 Å². The number of halogens is 2. The van der Waals surface area contributed by atoms with Gasteiger partial charge in [0.15, 0.2) is 12.0 Å². The average Bonchev–Trinajstić information content (AvgIpc) is 2.93. The standard InChI is InChI=1S/C21H23F2N3O2.C2H6O/c1-15-7-5-4-6-8-20(15)25-21(24-2)26(13-19(14-27)28-3)12-16-9-17(22)11-18(23)10-16;1-2-3/h5-11,13-14H,4,12H2,1-3H3,(H,24,25);3H,2H2,1H3/b19-13+;. The molecule has 0 spiro atoms. The second kappa shape index (κ2) is 13.9. The number of aldehydes is 1. The number of rotatable bonds is 6. The number of guanidine groups is 1. The molecule has 31 heavy (non-hydrogen) atoms. The Bertz CT molecular complexity index is 870. The van der Waals surface area contributed by atoms with E-state index in [0.29, 0.717) is 17.8 Å². The molecule has 0 saturated carbocycles. The van der Waals surface area contributed by atoms with Gasteiger partial charge in [-0.25, -0.2) is 8.78 Å². The van der Waals surface area contributed by atoms with Crippen LogP contribution >= 0.6 is 0 Å². The number of allylic oxidation sites excluding steroid dienone is 6. The lowest BCUT2D eigenvalue weighted by Crippen LogP contribution is -2.37. The summed E-state index contributed by atoms with van der Waals surface area (Å²) < 4.78 is 32.2. The van der Waals surface area contributed by atoms with E-state index in [1.807, 2.05) is 31.2 Å². The van der Waals surface area contributed by atoms with Crippen LogP contribution in [0.5, 0.6) is 0 Å². The van der Waals surface area contributed by atoms with Crippen LogP contribution in [-0.2, 0) is 16.1 Å². The van der Waals surface area contributed by atoms with E-state index < -0.39 is 11.6 Å². The van der Waals surface area contributed by atoms with Crippen molar-refractivity contribution in [1.82, 2.24) is 10.2 Å². The molecule has 168 valence electrons. The Morgan fingerprint density at radius 3 is 2.42 bits per heavy atom. The summed E-state index contributed by atoms with van der Waals surface area (Å²) >= 11 is 0. The van der Waals surface area contributed by atoms with Crippen LogP contribution in [0.3, 0.4) is 0 Å². The molecule has 0 unspecified atom stereocenters. The largest absolute Gasteiger partial charge is 0.492 e. The number of hydrogen-bond donors (Lipinski definition) is 2. The Hall–Kier alpha value is -3.26. The fourth-order valence-electron chi connectivity index (χ4n) is 2.61. The normalized spacial score (nSPS) is 13.9. The zero-order valence-electron chi connectivity index (χ0n) is 18.2. The molecule has 0 aromatic heterocycles. The van der Waals surface area contributed by atoms with E-state index in [1.165, 1.54) is 25.4 Å². The summed E-state index contributed by atoms with van der Waals surface area (Å²) in [5.41, 5.74) is 2.20. The van der Waals surface area contributed by atoms with Crippen molar-refractivity contribution in [2.75, 3.05) is 20.8 Å². The topological polar surface area (TPSA) is 74.2 Å². The average molecular weight is 433 g/mol. The molecule has 1 aromatic rings. The van der Waals surface area contributed by atoms with Crippen molar-refractivity contribution in [1.29, 1.82) is 0 Å². The number of aliphatic hydroxyl groups is 1. The summed E-state index contributed by atoms with van der Waals surface area (Å²) in [6.07, 6.45) is 10.7. The third-order valence-electron chi connectivity index (χ3n) is 3.99. The maximum Gasteiger partial charge on any atom is 0.202 e. The summed E-state index contributed by atoms with van der Waals surface area (Å²) in [4.78, 5) is 17.0. The summed E-state index contributed by atoms with van der Waals surface area (Å²) in [5.74, 6) is -0.934. The molecule has 0 bridgehead atoms. The number of methoxy groups -OCH3 is 1. The van der Waals surface area contributed by atoms with Crippen molar-refractivity contribution < 1.29 is 23.4 Å². The van der Waals surface area contributed by atoms with Gasteiger partial charge in [0.05, 0.1) is 19.9 Å². The number of ether oxygens (including phenoxy) is 1. The number of nitrogens with one attached hydrogen (secondary N) is 1. The second-order valence-electron chi connectivity index (χ2n) is 6.38. The lowest BCUT2D eigenvalue weighted by atomic mass is 10.2. The van der Waals surface area contributed by atoms with Crippen molar-refractivity contribution in [2.45, 2.75) is 26.8 Å². The van der Waals surface area contributed by atoms with E-state index in [2.05, 4.69) is 10.3 Å². The Morgan fingerprint density at radius 2 is 1.87 bits per heavy atom. The van der Waals surface area contributed by atoms with Gasteiger partial charge < -0.3 is 20.1 Å². The fraction of sp³-hybridized carbons (Fsp3) is 0.304. The minimum Gasteiger partial charge on any atom is -0.492 e. The van der Waals surface area contributed by atoms with Crippen LogP contribution in [0.2, 0.25) is 0 Å². The maximum absolute atomic E-state index is 13.6. The Morgan fingerprint density at radius 1 is 1.26 bits per heavy atom. The molecule has 0 saturated heterocycles. The van der Waals surface area contributed by atoms with E-state index in [0.717, 1.165) is 23.8 Å². The van der Waals surface area contributed by atoms with E-state index in [-0.39, 0.29) is 18.9 Å². The molecular formula is C23H29F2N3O3. The Labute approximate surface area is 181 Å². The number of aliphatic imine (C=N–C) groups is 1. The van der Waals surface area contributed by atoms with E-state index >= 15 is 0 Å². The molecule has 0 atom stereocenters. The smallest absolute Gasteiger partial charge is 0.202 e. The molecule has 8 heteroatoms. The third-order valence-corrected chi connectivity index (χ3v) is 3.99. The van der Waals surface area contributed by atoms with Crippen LogP contribution in [0.25, 0.3) is 0 Å². The first kappa shape index (κ1) is 25.8. The molecule has 1 aromatic carbocycles. The molecule has 6 nitrogen and oxygen atoms in total. The number of carbonyl (C=O) groups is 1. The van der Waals surface area contributed by atoms with E-state index in [4.69, 9.17) is 9.84 Å². The minimum atomic E-state index is -0.681. The van der Waals surface area contributed by atoms with E-state index in [9.17, 15) is 13.6 Å². The van der Waals surface area contributed by atoms with Gasteiger partial charge in [0.2, 0.25) is 5.96 Å². The highest BCUT2D eigenvalue weighted by atomic mass is 19.1. The summed E-state index contributed by atoms with van der Waals surface area (Å²) in [5, 5.41) is 10.8. The van der Waals surface area contributed by atoms with Crippen LogP contribution in [0.15, 0.2) is 70.7 Å². The first-order valence-corrected chi connectivity index (χ1v) is 9.69. The maximum atomic E-state index is 13.6. The van der Waals surface area contributed by atoms with Gasteiger partial charge in [-0.2, -0.15) is 0 Å². The number of carbonyl (C=O) groups excluding carboxylic acids is 1. The number of benzene rings is 1. The zero-order valence-corrected chi connectivity index (χ0v) is 18.2. The Balaban J connectivity index is 0.00000151. The van der Waals surface area contributed by atoms with Crippen molar-refractivity contribution in [2.24, 2.45) is 4.99 Å². The van der Waals surface area contributed by atoms with Gasteiger partial charge in [-0.3, -0.25) is 9.79 Å². The lowest BCUT2D eigenvalue weighted by molar-refractivity contribution is -0.107. The second-order valence-corrected chi connectivity index (χ2v) is 6.38. The van der Waals surface area contributed by atoms with Gasteiger partial charge >= 0.3 is 0 Å². The number of hydrogen-bond acceptors (Lipinski definition) is 4. The molecule has 2 rings (SSSR count). The van der Waals surface area contributed by atoms with Crippen LogP contribution in [0.4, 0.5) is 8.78 Å². The molecule has 0 heterocycles. The first-order chi connectivity index (χ1) is 14.9. The molecule has 0 radical (unpaired) electrons. The summed E-state index contributed by atoms with van der Waals surface area (Å²) in [6.45, 7) is 3.96. The molecule has 1 aliphatic rings. The van der Waals surface area contributed by atoms with Crippen molar-refractivity contribution in [3.05, 3.63) is 82.9 Å². The number of aliphatic hydroxyl groups excluding tert-OH is 1. The summed E-state index contributed by atoms with van der Waals surface area (Å²) in [6, 6.07) is 3.26. The highest BCUT2D eigenvalue weighted by Crippen LogP contribution is 2.15. The SMILES string of the molecule is CCO.CN=C(NC1=C(C)C=CCC=C1)N(/C=C(\C=O)OC)Cc1cc(F)cc(F)c1. The zero-order chi connectivity index (χ0) is 23.2. The number of nitrogens with zero attached hydrogens (tertiary/aromatic N) is 2. The highest BCUT2D eigenvalue weighted by Gasteiger charge is 2.14. The van der Waals surface area contributed by atoms with Crippen molar-refractivity contribution in [3.8, 4) is 0 Å². The molecule has 0 fully saturated rings. The van der Waals surface area contributed by atoms with Crippen LogP contribution in [-0.4, -0.2) is 43.0 Å². The Kier molecular flexibility index (Phi) is 11.5. The van der Waals surface area contributed by atoms with Crippen molar-refractivity contribution in [3.63, 3.8) is 0 Å². The van der Waals surface area contributed by atoms with E-state index in [1.54, 1.807) is 18.9 Å². The van der Waals surface area contributed by atoms with Gasteiger partial charge in [0.1, 0.15) is 11.6 Å². The third kappa shape index (κ3) is 8.96. The van der Waals surface area contributed by atoms with Gasteiger partial charge in [0.25, 0.3) is 0 Å². The van der Waals surface area contributed by atoms with Gasteiger partial charge in [0, 0.05) is 25.4 Å². The highest BCUT2D eigenvalue weighted by molar-refractivity contribution is 5.84. The first-order valence-electron chi connectivity index (χ1n) is 9.69. The molecule has 2 N–H and O–H groups in total. The predicted octanol–water partition coefficient (Wildman–Crippen LogP) is 3.82. The lowest BCUT2D eigenvalue weighted by Gasteiger charge is -2.24. The minimum absolute atomic E-state index is 0.0434. The van der Waals surface area contributed by atoms with Gasteiger partial charge in [-0.1, -0.05) is 18.2 Å².